The first-order chi connectivity index (χ1) is 6.19. The van der Waals surface area contributed by atoms with Gasteiger partial charge >= 0.3 is 0 Å². The molecule has 0 amide bonds. The first kappa shape index (κ1) is 10.2. The van der Waals surface area contributed by atoms with E-state index in [0.29, 0.717) is 11.3 Å². The van der Waals surface area contributed by atoms with Gasteiger partial charge in [0.25, 0.3) is 0 Å². The van der Waals surface area contributed by atoms with Gasteiger partial charge in [-0.2, -0.15) is 0 Å². The molecule has 0 fully saturated rings. The topological polar surface area (TPSA) is 52.3 Å². The normalized spacial score (nSPS) is 9.77. The lowest BCUT2D eigenvalue weighted by atomic mass is 10.1. The summed E-state index contributed by atoms with van der Waals surface area (Å²) in [6.45, 7) is 0.00572. The van der Waals surface area contributed by atoms with Gasteiger partial charge in [-0.25, -0.2) is 0 Å². The van der Waals surface area contributed by atoms with Gasteiger partial charge in [-0.1, -0.05) is 15.9 Å². The Bertz CT molecular complexity index is 325. The maximum Gasteiger partial charge on any atom is 0.177 e. The fraction of sp³-hybridized carbons (Fsp3) is 0.222. The van der Waals surface area contributed by atoms with Crippen LogP contribution in [0.1, 0.15) is 10.4 Å². The third-order valence-corrected chi connectivity index (χ3v) is 2.35. The highest BCUT2D eigenvalue weighted by Crippen LogP contribution is 2.22. The zero-order valence-corrected chi connectivity index (χ0v) is 8.80. The number of hydrogen-bond acceptors (Lipinski definition) is 3. The zero-order chi connectivity index (χ0) is 9.84. The largest absolute Gasteiger partial charge is 0.497 e. The molecule has 0 aromatic heterocycles. The van der Waals surface area contributed by atoms with Gasteiger partial charge in [0, 0.05) is 10.0 Å². The number of halogens is 1. The van der Waals surface area contributed by atoms with Crippen LogP contribution < -0.4 is 10.5 Å². The van der Waals surface area contributed by atoms with Crippen molar-refractivity contribution in [3.8, 4) is 5.75 Å². The summed E-state index contributed by atoms with van der Waals surface area (Å²) in [5.41, 5.74) is 5.81. The fourth-order valence-electron chi connectivity index (χ4n) is 0.955. The molecule has 0 radical (unpaired) electrons. The summed E-state index contributed by atoms with van der Waals surface area (Å²) in [6.07, 6.45) is 0. The summed E-state index contributed by atoms with van der Waals surface area (Å²) in [4.78, 5) is 11.3. The van der Waals surface area contributed by atoms with Crippen LogP contribution in [0.4, 0.5) is 0 Å². The Morgan fingerprint density at radius 3 is 2.85 bits per heavy atom. The Labute approximate surface area is 85.0 Å². The lowest BCUT2D eigenvalue weighted by Gasteiger charge is -2.04. The van der Waals surface area contributed by atoms with Gasteiger partial charge in [-0.3, -0.25) is 4.79 Å². The summed E-state index contributed by atoms with van der Waals surface area (Å²) in [7, 11) is 1.56. The van der Waals surface area contributed by atoms with Gasteiger partial charge in [0.2, 0.25) is 0 Å². The van der Waals surface area contributed by atoms with E-state index in [1.54, 1.807) is 25.3 Å². The van der Waals surface area contributed by atoms with E-state index in [-0.39, 0.29) is 12.3 Å². The Morgan fingerprint density at radius 2 is 2.31 bits per heavy atom. The predicted octanol–water partition coefficient (Wildman–Crippen LogP) is 1.60. The van der Waals surface area contributed by atoms with Gasteiger partial charge in [0.15, 0.2) is 5.78 Å². The Morgan fingerprint density at radius 1 is 1.62 bits per heavy atom. The SMILES string of the molecule is COc1ccc(Br)c(C(=O)CN)c1. The molecule has 13 heavy (non-hydrogen) atoms. The molecule has 1 aromatic rings. The number of nitrogens with two attached hydrogens (primary N) is 1. The van der Waals surface area contributed by atoms with Gasteiger partial charge in [-0.15, -0.1) is 0 Å². The van der Waals surface area contributed by atoms with Crippen LogP contribution in [0, 0.1) is 0 Å². The molecule has 0 bridgehead atoms. The molecule has 0 spiro atoms. The lowest BCUT2D eigenvalue weighted by molar-refractivity contribution is 0.100. The first-order valence-electron chi connectivity index (χ1n) is 3.76. The number of carbonyl (C=O) groups excluding carboxylic acids is 1. The average molecular weight is 244 g/mol. The standard InChI is InChI=1S/C9H10BrNO2/c1-13-6-2-3-8(10)7(4-6)9(12)5-11/h2-4H,5,11H2,1H3. The number of methoxy groups -OCH3 is 1. The summed E-state index contributed by atoms with van der Waals surface area (Å²) < 4.78 is 5.73. The average Bonchev–Trinajstić information content (AvgIpc) is 2.17. The minimum Gasteiger partial charge on any atom is -0.497 e. The van der Waals surface area contributed by atoms with Crippen LogP contribution in [-0.4, -0.2) is 19.4 Å². The van der Waals surface area contributed by atoms with Crippen LogP contribution in [0.25, 0.3) is 0 Å². The zero-order valence-electron chi connectivity index (χ0n) is 7.21. The minimum absolute atomic E-state index is 0.00572. The molecule has 0 heterocycles. The van der Waals surface area contributed by atoms with E-state index < -0.39 is 0 Å². The maximum atomic E-state index is 11.3. The Balaban J connectivity index is 3.11. The van der Waals surface area contributed by atoms with Gasteiger partial charge in [0.1, 0.15) is 5.75 Å². The number of hydrogen-bond donors (Lipinski definition) is 1. The third-order valence-electron chi connectivity index (χ3n) is 1.66. The number of ether oxygens (including phenoxy) is 1. The van der Waals surface area contributed by atoms with E-state index in [4.69, 9.17) is 10.5 Å². The highest BCUT2D eigenvalue weighted by Gasteiger charge is 2.08. The van der Waals surface area contributed by atoms with Crippen LogP contribution in [-0.2, 0) is 0 Å². The van der Waals surface area contributed by atoms with Crippen LogP contribution >= 0.6 is 15.9 Å². The highest BCUT2D eigenvalue weighted by atomic mass is 79.9. The Kier molecular flexibility index (Phi) is 3.45. The molecule has 0 aliphatic heterocycles. The van der Waals surface area contributed by atoms with E-state index in [0.717, 1.165) is 4.47 Å². The second kappa shape index (κ2) is 4.39. The third kappa shape index (κ3) is 2.29. The minimum atomic E-state index is -0.106. The number of carbonyl (C=O) groups is 1. The molecule has 0 aliphatic rings. The van der Waals surface area contributed by atoms with Crippen LogP contribution in [0.3, 0.4) is 0 Å². The summed E-state index contributed by atoms with van der Waals surface area (Å²) >= 11 is 3.27. The molecule has 0 aliphatic carbocycles. The molecule has 0 saturated carbocycles. The molecular formula is C9H10BrNO2. The van der Waals surface area contributed by atoms with Crippen molar-refractivity contribution in [3.63, 3.8) is 0 Å². The molecule has 70 valence electrons. The van der Waals surface area contributed by atoms with E-state index in [1.165, 1.54) is 0 Å². The molecule has 3 nitrogen and oxygen atoms in total. The molecule has 0 atom stereocenters. The van der Waals surface area contributed by atoms with Crippen molar-refractivity contribution in [3.05, 3.63) is 28.2 Å². The van der Waals surface area contributed by atoms with Gasteiger partial charge in [0.05, 0.1) is 13.7 Å². The highest BCUT2D eigenvalue weighted by molar-refractivity contribution is 9.10. The van der Waals surface area contributed by atoms with Crippen LogP contribution in [0.15, 0.2) is 22.7 Å². The molecule has 0 unspecified atom stereocenters. The lowest BCUT2D eigenvalue weighted by Crippen LogP contribution is -2.14. The summed E-state index contributed by atoms with van der Waals surface area (Å²) in [5.74, 6) is 0.547. The number of ketones is 1. The quantitative estimate of drug-likeness (QED) is 0.821. The Hall–Kier alpha value is -0.870. The molecule has 1 rings (SSSR count). The van der Waals surface area contributed by atoms with E-state index in [1.807, 2.05) is 0 Å². The van der Waals surface area contributed by atoms with E-state index in [2.05, 4.69) is 15.9 Å². The number of rotatable bonds is 3. The first-order valence-corrected chi connectivity index (χ1v) is 4.55. The van der Waals surface area contributed by atoms with Crippen LogP contribution in [0.5, 0.6) is 5.75 Å². The predicted molar refractivity (Wildman–Crippen MR) is 54.1 cm³/mol. The van der Waals surface area contributed by atoms with E-state index in [9.17, 15) is 4.79 Å². The van der Waals surface area contributed by atoms with Crippen LogP contribution in [0.2, 0.25) is 0 Å². The number of benzene rings is 1. The van der Waals surface area contributed by atoms with Gasteiger partial charge in [-0.05, 0) is 18.2 Å². The fourth-order valence-corrected chi connectivity index (χ4v) is 1.42. The second-order valence-electron chi connectivity index (χ2n) is 2.47. The molecule has 0 saturated heterocycles. The molecular weight excluding hydrogens is 234 g/mol. The summed E-state index contributed by atoms with van der Waals surface area (Å²) in [6, 6.07) is 5.21. The van der Waals surface area contributed by atoms with Crippen molar-refractivity contribution in [1.82, 2.24) is 0 Å². The monoisotopic (exact) mass is 243 g/mol. The van der Waals surface area contributed by atoms with Crippen molar-refractivity contribution in [2.45, 2.75) is 0 Å². The van der Waals surface area contributed by atoms with E-state index >= 15 is 0 Å². The summed E-state index contributed by atoms with van der Waals surface area (Å²) in [5, 5.41) is 0. The molecule has 2 N–H and O–H groups in total. The van der Waals surface area contributed by atoms with Crippen molar-refractivity contribution in [2.75, 3.05) is 13.7 Å². The number of Topliss-reactive ketones (excluding diaryl/α,β-unsaturated/α-hetero) is 1. The van der Waals surface area contributed by atoms with Crippen molar-refractivity contribution < 1.29 is 9.53 Å². The molecule has 1 aromatic carbocycles. The smallest absolute Gasteiger partial charge is 0.177 e. The molecule has 4 heteroatoms. The van der Waals surface area contributed by atoms with Crippen molar-refractivity contribution in [1.29, 1.82) is 0 Å². The van der Waals surface area contributed by atoms with Crippen molar-refractivity contribution >= 4 is 21.7 Å². The van der Waals surface area contributed by atoms with Gasteiger partial charge < -0.3 is 10.5 Å². The second-order valence-corrected chi connectivity index (χ2v) is 3.33. The maximum absolute atomic E-state index is 11.3. The van der Waals surface area contributed by atoms with Crippen molar-refractivity contribution in [2.24, 2.45) is 5.73 Å².